The third-order valence-corrected chi connectivity index (χ3v) is 4.02. The topological polar surface area (TPSA) is 66.0 Å². The average Bonchev–Trinajstić information content (AvgIpc) is 2.53. The Balaban J connectivity index is 2.04. The molecule has 0 amide bonds. The summed E-state index contributed by atoms with van der Waals surface area (Å²) in [5.74, 6) is 0.919. The molecule has 0 aromatic carbocycles. The first-order valence-electron chi connectivity index (χ1n) is 5.04. The van der Waals surface area contributed by atoms with Crippen molar-refractivity contribution in [3.63, 3.8) is 0 Å². The second-order valence-electron chi connectivity index (χ2n) is 3.77. The first-order chi connectivity index (χ1) is 7.18. The van der Waals surface area contributed by atoms with Crippen LogP contribution in [0.25, 0.3) is 0 Å². The maximum Gasteiger partial charge on any atom is 0.191 e. The summed E-state index contributed by atoms with van der Waals surface area (Å²) in [6.07, 6.45) is 0.925. The summed E-state index contributed by atoms with van der Waals surface area (Å²) in [5, 5.41) is 9.33. The smallest absolute Gasteiger partial charge is 0.191 e. The molecule has 1 saturated heterocycles. The number of nitrogens with two attached hydrogens (primary N) is 1. The van der Waals surface area contributed by atoms with Crippen LogP contribution < -0.4 is 5.73 Å². The molecule has 2 unspecified atom stereocenters. The molecule has 2 rings (SSSR count). The highest BCUT2D eigenvalue weighted by Crippen LogP contribution is 2.26. The Morgan fingerprint density at radius 2 is 2.33 bits per heavy atom. The number of aryl methyl sites for hydroxylation is 1. The van der Waals surface area contributed by atoms with Gasteiger partial charge in [-0.05, 0) is 13.3 Å². The highest BCUT2D eigenvalue weighted by Gasteiger charge is 2.25. The van der Waals surface area contributed by atoms with Gasteiger partial charge in [0.2, 0.25) is 0 Å². The molecule has 0 aliphatic carbocycles. The van der Waals surface area contributed by atoms with Gasteiger partial charge in [0.15, 0.2) is 5.16 Å². The Labute approximate surface area is 93.4 Å². The van der Waals surface area contributed by atoms with Gasteiger partial charge in [-0.25, -0.2) is 0 Å². The van der Waals surface area contributed by atoms with Crippen molar-refractivity contribution in [2.24, 2.45) is 12.8 Å². The number of aromatic nitrogens is 3. The molecule has 0 saturated carbocycles. The highest BCUT2D eigenvalue weighted by atomic mass is 32.2. The van der Waals surface area contributed by atoms with E-state index >= 15 is 0 Å². The molecule has 2 N–H and O–H groups in total. The summed E-state index contributed by atoms with van der Waals surface area (Å²) < 4.78 is 7.39. The summed E-state index contributed by atoms with van der Waals surface area (Å²) in [7, 11) is 1.97. The van der Waals surface area contributed by atoms with E-state index in [2.05, 4.69) is 10.2 Å². The quantitative estimate of drug-likeness (QED) is 0.790. The first kappa shape index (κ1) is 10.9. The van der Waals surface area contributed by atoms with E-state index in [-0.39, 0.29) is 6.04 Å². The molecule has 2 heterocycles. The van der Waals surface area contributed by atoms with Crippen LogP contribution in [0, 0.1) is 6.92 Å². The van der Waals surface area contributed by atoms with E-state index in [1.807, 2.05) is 18.5 Å². The Bertz CT molecular complexity index is 341. The number of nitrogens with zero attached hydrogens (tertiary/aromatic N) is 3. The lowest BCUT2D eigenvalue weighted by Gasteiger charge is -2.27. The number of hydrogen-bond donors (Lipinski definition) is 1. The maximum atomic E-state index is 6.03. The lowest BCUT2D eigenvalue weighted by atomic mass is 10.1. The van der Waals surface area contributed by atoms with Gasteiger partial charge in [-0.2, -0.15) is 0 Å². The molecular weight excluding hydrogens is 212 g/mol. The van der Waals surface area contributed by atoms with Crippen LogP contribution in [0.2, 0.25) is 0 Å². The van der Waals surface area contributed by atoms with E-state index in [9.17, 15) is 0 Å². The number of rotatable bonds is 2. The van der Waals surface area contributed by atoms with Crippen molar-refractivity contribution in [1.82, 2.24) is 14.8 Å². The average molecular weight is 228 g/mol. The second kappa shape index (κ2) is 4.51. The molecule has 5 nitrogen and oxygen atoms in total. The van der Waals surface area contributed by atoms with Crippen LogP contribution in [-0.2, 0) is 11.8 Å². The van der Waals surface area contributed by atoms with E-state index in [1.54, 1.807) is 11.8 Å². The van der Waals surface area contributed by atoms with Crippen LogP contribution in [-0.4, -0.2) is 39.3 Å². The molecule has 0 bridgehead atoms. The fourth-order valence-corrected chi connectivity index (χ4v) is 2.60. The lowest BCUT2D eigenvalue weighted by molar-refractivity contribution is 0.0915. The highest BCUT2D eigenvalue weighted by molar-refractivity contribution is 7.99. The van der Waals surface area contributed by atoms with Crippen molar-refractivity contribution in [2.75, 3.05) is 13.2 Å². The first-order valence-corrected chi connectivity index (χ1v) is 5.92. The molecular formula is C9H16N4OS. The number of ether oxygens (including phenoxy) is 1. The molecule has 6 heteroatoms. The zero-order valence-corrected chi connectivity index (χ0v) is 9.83. The molecule has 2 atom stereocenters. The summed E-state index contributed by atoms with van der Waals surface area (Å²) >= 11 is 1.66. The van der Waals surface area contributed by atoms with Crippen molar-refractivity contribution >= 4 is 11.8 Å². The standard InChI is InChI=1S/C9H16N4OS/c1-6-11-12-9(13(6)2)15-8-5-14-4-3-7(8)10/h7-8H,3-5,10H2,1-2H3. The van der Waals surface area contributed by atoms with Crippen molar-refractivity contribution in [3.05, 3.63) is 5.82 Å². The monoisotopic (exact) mass is 228 g/mol. The summed E-state index contributed by atoms with van der Waals surface area (Å²) in [6, 6.07) is 0.195. The zero-order chi connectivity index (χ0) is 10.8. The molecule has 0 spiro atoms. The zero-order valence-electron chi connectivity index (χ0n) is 9.01. The number of thioether (sulfide) groups is 1. The molecule has 0 radical (unpaired) electrons. The predicted octanol–water partition coefficient (Wildman–Crippen LogP) is 0.332. The minimum absolute atomic E-state index is 0.195. The van der Waals surface area contributed by atoms with Gasteiger partial charge >= 0.3 is 0 Å². The fraction of sp³-hybridized carbons (Fsp3) is 0.778. The summed E-state index contributed by atoms with van der Waals surface area (Å²) in [5.41, 5.74) is 6.03. The van der Waals surface area contributed by atoms with Gasteiger partial charge in [0.25, 0.3) is 0 Å². The normalized spacial score (nSPS) is 26.9. The van der Waals surface area contributed by atoms with E-state index in [4.69, 9.17) is 10.5 Å². The minimum Gasteiger partial charge on any atom is -0.380 e. The summed E-state index contributed by atoms with van der Waals surface area (Å²) in [6.45, 7) is 3.42. The number of hydrogen-bond acceptors (Lipinski definition) is 5. The van der Waals surface area contributed by atoms with Gasteiger partial charge in [-0.3, -0.25) is 0 Å². The fourth-order valence-electron chi connectivity index (χ4n) is 1.48. The maximum absolute atomic E-state index is 6.03. The van der Waals surface area contributed by atoms with Gasteiger partial charge in [0.1, 0.15) is 5.82 Å². The third-order valence-electron chi connectivity index (χ3n) is 2.66. The van der Waals surface area contributed by atoms with Gasteiger partial charge in [0, 0.05) is 19.7 Å². The van der Waals surface area contributed by atoms with Crippen LogP contribution in [0.3, 0.4) is 0 Å². The molecule has 1 aromatic heterocycles. The van der Waals surface area contributed by atoms with Crippen molar-refractivity contribution in [3.8, 4) is 0 Å². The molecule has 1 aliphatic heterocycles. The lowest BCUT2D eigenvalue weighted by Crippen LogP contribution is -2.41. The van der Waals surface area contributed by atoms with E-state index in [0.29, 0.717) is 11.9 Å². The molecule has 1 aliphatic rings. The van der Waals surface area contributed by atoms with E-state index < -0.39 is 0 Å². The van der Waals surface area contributed by atoms with Gasteiger partial charge in [-0.15, -0.1) is 10.2 Å². The summed E-state index contributed by atoms with van der Waals surface area (Å²) in [4.78, 5) is 0. The molecule has 1 aromatic rings. The van der Waals surface area contributed by atoms with Crippen molar-refractivity contribution < 1.29 is 4.74 Å². The van der Waals surface area contributed by atoms with Crippen LogP contribution in [0.5, 0.6) is 0 Å². The Kier molecular flexibility index (Phi) is 3.28. The van der Waals surface area contributed by atoms with Crippen LogP contribution in [0.1, 0.15) is 12.2 Å². The third kappa shape index (κ3) is 2.32. The Morgan fingerprint density at radius 3 is 2.93 bits per heavy atom. The second-order valence-corrected chi connectivity index (χ2v) is 4.98. The Hall–Kier alpha value is -0.590. The van der Waals surface area contributed by atoms with Gasteiger partial charge in [-0.1, -0.05) is 11.8 Å². The van der Waals surface area contributed by atoms with Gasteiger partial charge < -0.3 is 15.0 Å². The van der Waals surface area contributed by atoms with Crippen LogP contribution in [0.4, 0.5) is 0 Å². The van der Waals surface area contributed by atoms with Crippen LogP contribution in [0.15, 0.2) is 5.16 Å². The van der Waals surface area contributed by atoms with Crippen LogP contribution >= 0.6 is 11.8 Å². The van der Waals surface area contributed by atoms with Crippen molar-refractivity contribution in [1.29, 1.82) is 0 Å². The van der Waals surface area contributed by atoms with Crippen molar-refractivity contribution in [2.45, 2.75) is 29.8 Å². The minimum atomic E-state index is 0.195. The largest absolute Gasteiger partial charge is 0.380 e. The van der Waals surface area contributed by atoms with E-state index in [1.165, 1.54) is 0 Å². The SMILES string of the molecule is Cc1nnc(SC2COCCC2N)n1C. The van der Waals surface area contributed by atoms with E-state index in [0.717, 1.165) is 24.0 Å². The molecule has 15 heavy (non-hydrogen) atoms. The Morgan fingerprint density at radius 1 is 1.53 bits per heavy atom. The van der Waals surface area contributed by atoms with Gasteiger partial charge in [0.05, 0.1) is 11.9 Å². The molecule has 84 valence electrons. The predicted molar refractivity (Wildman–Crippen MR) is 58.8 cm³/mol. The molecule has 1 fully saturated rings.